The largest absolute Gasteiger partial charge is 0.426 e. The highest BCUT2D eigenvalue weighted by Gasteiger charge is 2.48. The third-order valence-corrected chi connectivity index (χ3v) is 6.90. The van der Waals surface area contributed by atoms with Gasteiger partial charge in [-0.05, 0) is 30.5 Å². The maximum atomic E-state index is 12.9. The number of imide groups is 1. The molecule has 170 valence electrons. The average Bonchev–Trinajstić information content (AvgIpc) is 3.32. The van der Waals surface area contributed by atoms with Crippen molar-refractivity contribution in [2.24, 2.45) is 17.8 Å². The van der Waals surface area contributed by atoms with Gasteiger partial charge in [0.15, 0.2) is 0 Å². The maximum absolute atomic E-state index is 12.9. The lowest BCUT2D eigenvalue weighted by Crippen LogP contribution is -2.31. The molecule has 0 unspecified atom stereocenters. The second-order valence-corrected chi connectivity index (χ2v) is 9.09. The van der Waals surface area contributed by atoms with Crippen LogP contribution in [0, 0.1) is 17.8 Å². The number of carbonyl (C=O) groups is 4. The number of likely N-dealkylation sites (tertiary alicyclic amines) is 1. The number of carbonyl (C=O) groups excluding carboxylic acids is 4. The molecule has 2 aromatic carbocycles. The fourth-order valence-electron chi connectivity index (χ4n) is 5.19. The van der Waals surface area contributed by atoms with E-state index in [-0.39, 0.29) is 41.7 Å². The zero-order chi connectivity index (χ0) is 22.9. The molecule has 2 saturated heterocycles. The summed E-state index contributed by atoms with van der Waals surface area (Å²) < 4.78 is 5.57. The first-order valence-corrected chi connectivity index (χ1v) is 11.5. The van der Waals surface area contributed by atoms with Gasteiger partial charge < -0.3 is 9.64 Å². The average molecular weight is 447 g/mol. The van der Waals surface area contributed by atoms with Crippen LogP contribution in [-0.4, -0.2) is 35.1 Å². The van der Waals surface area contributed by atoms with Crippen LogP contribution < -0.4 is 9.64 Å². The summed E-state index contributed by atoms with van der Waals surface area (Å²) in [6.45, 7) is 0.763. The number of benzene rings is 2. The molecule has 2 aromatic rings. The number of esters is 1. The Morgan fingerprint density at radius 2 is 1.61 bits per heavy atom. The van der Waals surface area contributed by atoms with E-state index in [4.69, 9.17) is 4.74 Å². The minimum absolute atomic E-state index is 0.0783. The summed E-state index contributed by atoms with van der Waals surface area (Å²) in [6.07, 6.45) is 3.53. The van der Waals surface area contributed by atoms with Crippen molar-refractivity contribution in [1.82, 2.24) is 4.90 Å². The van der Waals surface area contributed by atoms with E-state index in [1.807, 2.05) is 30.3 Å². The van der Waals surface area contributed by atoms with Gasteiger partial charge in [0.25, 0.3) is 0 Å². The second-order valence-electron chi connectivity index (χ2n) is 9.09. The van der Waals surface area contributed by atoms with Crippen LogP contribution in [0.25, 0.3) is 0 Å². The van der Waals surface area contributed by atoms with Crippen LogP contribution in [-0.2, 0) is 25.7 Å². The van der Waals surface area contributed by atoms with E-state index in [1.54, 1.807) is 29.2 Å². The van der Waals surface area contributed by atoms with Crippen molar-refractivity contribution in [3.05, 3.63) is 60.2 Å². The molecule has 3 atom stereocenters. The Hall–Kier alpha value is -3.48. The fraction of sp³-hybridized carbons (Fsp3) is 0.385. The molecule has 0 aromatic heterocycles. The number of nitrogens with zero attached hydrogens (tertiary/aromatic N) is 2. The van der Waals surface area contributed by atoms with E-state index in [0.717, 1.165) is 31.2 Å². The van der Waals surface area contributed by atoms with Gasteiger partial charge in [0.05, 0.1) is 23.4 Å². The first kappa shape index (κ1) is 21.4. The molecule has 0 bridgehead atoms. The molecule has 3 amide bonds. The number of amides is 3. The van der Waals surface area contributed by atoms with Crippen molar-refractivity contribution in [3.8, 4) is 5.75 Å². The molecule has 7 heteroatoms. The molecule has 0 spiro atoms. The van der Waals surface area contributed by atoms with Crippen LogP contribution in [0.3, 0.4) is 0 Å². The highest BCUT2D eigenvalue weighted by Crippen LogP contribution is 2.40. The molecular formula is C26H26N2O5. The second kappa shape index (κ2) is 8.81. The van der Waals surface area contributed by atoms with E-state index < -0.39 is 11.9 Å². The van der Waals surface area contributed by atoms with Gasteiger partial charge in [-0.3, -0.25) is 19.2 Å². The monoisotopic (exact) mass is 446 g/mol. The summed E-state index contributed by atoms with van der Waals surface area (Å²) in [7, 11) is 0. The van der Waals surface area contributed by atoms with Crippen molar-refractivity contribution in [2.75, 3.05) is 11.4 Å². The SMILES string of the molecule is O=C(Oc1cccc(N2C(=O)[C@H]3CCCC[C@H]3C2=O)c1)[C@@H]1CC(=O)N(Cc2ccccc2)C1. The minimum Gasteiger partial charge on any atom is -0.426 e. The molecule has 33 heavy (non-hydrogen) atoms. The highest BCUT2D eigenvalue weighted by atomic mass is 16.5. The summed E-state index contributed by atoms with van der Waals surface area (Å²) in [5.74, 6) is -1.65. The van der Waals surface area contributed by atoms with Crippen LogP contribution in [0.5, 0.6) is 5.75 Å². The van der Waals surface area contributed by atoms with Crippen molar-refractivity contribution in [3.63, 3.8) is 0 Å². The number of ether oxygens (including phenoxy) is 1. The van der Waals surface area contributed by atoms with Crippen LogP contribution in [0.2, 0.25) is 0 Å². The van der Waals surface area contributed by atoms with Gasteiger partial charge in [-0.15, -0.1) is 0 Å². The normalized spacial score (nSPS) is 24.8. The van der Waals surface area contributed by atoms with Gasteiger partial charge in [0.1, 0.15) is 5.75 Å². The van der Waals surface area contributed by atoms with Gasteiger partial charge >= 0.3 is 5.97 Å². The van der Waals surface area contributed by atoms with Crippen molar-refractivity contribution >= 4 is 29.4 Å². The Balaban J connectivity index is 1.25. The van der Waals surface area contributed by atoms with E-state index in [0.29, 0.717) is 18.8 Å². The molecule has 0 radical (unpaired) electrons. The molecule has 3 aliphatic rings. The number of anilines is 1. The third kappa shape index (κ3) is 4.15. The Bertz CT molecular complexity index is 1070. The highest BCUT2D eigenvalue weighted by molar-refractivity contribution is 6.22. The molecule has 0 N–H and O–H groups in total. The van der Waals surface area contributed by atoms with Crippen LogP contribution in [0.4, 0.5) is 5.69 Å². The predicted molar refractivity (Wildman–Crippen MR) is 120 cm³/mol. The van der Waals surface area contributed by atoms with Crippen LogP contribution in [0.1, 0.15) is 37.7 Å². The number of rotatable bonds is 5. The Labute approximate surface area is 192 Å². The molecule has 3 fully saturated rings. The van der Waals surface area contributed by atoms with Crippen LogP contribution in [0.15, 0.2) is 54.6 Å². The lowest BCUT2D eigenvalue weighted by molar-refractivity contribution is -0.139. The van der Waals surface area contributed by atoms with Gasteiger partial charge in [0, 0.05) is 25.6 Å². The molecule has 7 nitrogen and oxygen atoms in total. The molecule has 1 aliphatic carbocycles. The fourth-order valence-corrected chi connectivity index (χ4v) is 5.19. The van der Waals surface area contributed by atoms with E-state index in [2.05, 4.69) is 0 Å². The Morgan fingerprint density at radius 3 is 2.30 bits per heavy atom. The minimum atomic E-state index is -0.553. The topological polar surface area (TPSA) is 84.0 Å². The van der Waals surface area contributed by atoms with E-state index in [1.165, 1.54) is 4.90 Å². The Morgan fingerprint density at radius 1 is 0.909 bits per heavy atom. The van der Waals surface area contributed by atoms with Gasteiger partial charge in [-0.1, -0.05) is 49.2 Å². The van der Waals surface area contributed by atoms with E-state index in [9.17, 15) is 19.2 Å². The number of fused-ring (bicyclic) bond motifs is 1. The first-order chi connectivity index (χ1) is 16.0. The first-order valence-electron chi connectivity index (χ1n) is 11.5. The molecule has 5 rings (SSSR count). The maximum Gasteiger partial charge on any atom is 0.316 e. The zero-order valence-corrected chi connectivity index (χ0v) is 18.3. The van der Waals surface area contributed by atoms with Crippen molar-refractivity contribution < 1.29 is 23.9 Å². The summed E-state index contributed by atoms with van der Waals surface area (Å²) in [5, 5.41) is 0. The molecule has 2 heterocycles. The molecular weight excluding hydrogens is 420 g/mol. The van der Waals surface area contributed by atoms with Gasteiger partial charge in [-0.2, -0.15) is 0 Å². The molecule has 2 aliphatic heterocycles. The summed E-state index contributed by atoms with van der Waals surface area (Å²) >= 11 is 0. The van der Waals surface area contributed by atoms with Gasteiger partial charge in [0.2, 0.25) is 17.7 Å². The summed E-state index contributed by atoms with van der Waals surface area (Å²) in [5.41, 5.74) is 1.44. The quantitative estimate of drug-likeness (QED) is 0.400. The Kier molecular flexibility index (Phi) is 5.70. The number of hydrogen-bond acceptors (Lipinski definition) is 5. The predicted octanol–water partition coefficient (Wildman–Crippen LogP) is 3.32. The summed E-state index contributed by atoms with van der Waals surface area (Å²) in [6, 6.07) is 16.2. The van der Waals surface area contributed by atoms with Gasteiger partial charge in [-0.25, -0.2) is 4.90 Å². The van der Waals surface area contributed by atoms with Crippen molar-refractivity contribution in [2.45, 2.75) is 38.6 Å². The lowest BCUT2D eigenvalue weighted by Gasteiger charge is -2.19. The lowest BCUT2D eigenvalue weighted by atomic mass is 9.81. The molecule has 1 saturated carbocycles. The summed E-state index contributed by atoms with van der Waals surface area (Å²) in [4.78, 5) is 53.8. The van der Waals surface area contributed by atoms with Crippen molar-refractivity contribution in [1.29, 1.82) is 0 Å². The smallest absolute Gasteiger partial charge is 0.316 e. The number of hydrogen-bond donors (Lipinski definition) is 0. The zero-order valence-electron chi connectivity index (χ0n) is 18.3. The third-order valence-electron chi connectivity index (χ3n) is 6.90. The van der Waals surface area contributed by atoms with E-state index >= 15 is 0 Å². The standard InChI is InChI=1S/C26H26N2O5/c29-23-13-18(16-27(23)15-17-7-2-1-3-8-17)26(32)33-20-10-6-9-19(14-20)28-24(30)21-11-4-5-12-22(21)25(28)31/h1-3,6-10,14,18,21-22H,4-5,11-13,15-16H2/t18-,21-,22+/m1/s1. The van der Waals surface area contributed by atoms with Crippen LogP contribution >= 0.6 is 0 Å².